The fourth-order valence-electron chi connectivity index (χ4n) is 2.62. The van der Waals surface area contributed by atoms with Crippen LogP contribution in [-0.4, -0.2) is 33.2 Å². The van der Waals surface area contributed by atoms with E-state index in [9.17, 15) is 24.6 Å². The number of allylic oxidation sites excluding steroid dienone is 3. The second kappa shape index (κ2) is 6.57. The van der Waals surface area contributed by atoms with Gasteiger partial charge in [0.2, 0.25) is 0 Å². The number of carbonyl (C=O) groups excluding carboxylic acids is 3. The number of aliphatic hydroxyl groups excluding tert-OH is 1. The molecule has 2 N–H and O–H groups in total. The Labute approximate surface area is 130 Å². The minimum Gasteiger partial charge on any atom is -0.508 e. The average molecular weight is 308 g/mol. The number of hydrogen-bond acceptors (Lipinski definition) is 5. The van der Waals surface area contributed by atoms with E-state index in [4.69, 9.17) is 0 Å². The van der Waals surface area contributed by atoms with Crippen molar-refractivity contribution in [3.8, 4) is 0 Å². The number of rotatable bonds is 6. The van der Waals surface area contributed by atoms with E-state index in [-0.39, 0.29) is 18.8 Å². The fraction of sp³-hybridized carbons (Fsp3) is 0.588. The molecule has 0 aliphatic heterocycles. The van der Waals surface area contributed by atoms with Gasteiger partial charge in [0.25, 0.3) is 0 Å². The van der Waals surface area contributed by atoms with Crippen molar-refractivity contribution in [2.24, 2.45) is 11.8 Å². The number of hydrogen-bond donors (Lipinski definition) is 2. The van der Waals surface area contributed by atoms with Crippen LogP contribution in [0.4, 0.5) is 0 Å². The van der Waals surface area contributed by atoms with Gasteiger partial charge in [-0.05, 0) is 33.1 Å². The lowest BCUT2D eigenvalue weighted by Crippen LogP contribution is -2.45. The molecule has 0 aromatic carbocycles. The van der Waals surface area contributed by atoms with Crippen LogP contribution in [0.25, 0.3) is 0 Å². The van der Waals surface area contributed by atoms with Gasteiger partial charge >= 0.3 is 0 Å². The van der Waals surface area contributed by atoms with Gasteiger partial charge in [0.05, 0.1) is 5.92 Å². The first kappa shape index (κ1) is 18.3. The van der Waals surface area contributed by atoms with Gasteiger partial charge in [-0.2, -0.15) is 0 Å². The standard InChI is InChI=1S/C17H24O5/c1-9(2)6-7-12-15(20)14(13(19)8-10(3)4)16(21)17(12,22)11(5)18/h6,10,12,21-22H,7-8H2,1-5H3. The highest BCUT2D eigenvalue weighted by Crippen LogP contribution is 2.40. The van der Waals surface area contributed by atoms with Crippen LogP contribution in [0.5, 0.6) is 0 Å². The Balaban J connectivity index is 3.32. The zero-order chi connectivity index (χ0) is 17.2. The van der Waals surface area contributed by atoms with Gasteiger partial charge in [-0.3, -0.25) is 14.4 Å². The highest BCUT2D eigenvalue weighted by molar-refractivity contribution is 6.25. The number of ketones is 3. The third-order valence-electron chi connectivity index (χ3n) is 3.84. The van der Waals surface area contributed by atoms with Crippen LogP contribution < -0.4 is 0 Å². The SMILES string of the molecule is CC(=O)C1(O)C(O)=C(C(=O)CC(C)C)C(=O)C1CC=C(C)C. The Morgan fingerprint density at radius 2 is 1.82 bits per heavy atom. The molecule has 0 amide bonds. The molecule has 0 spiro atoms. The molecule has 0 aromatic heterocycles. The molecule has 22 heavy (non-hydrogen) atoms. The van der Waals surface area contributed by atoms with Gasteiger partial charge in [-0.1, -0.05) is 25.5 Å². The monoisotopic (exact) mass is 308 g/mol. The third-order valence-corrected chi connectivity index (χ3v) is 3.84. The summed E-state index contributed by atoms with van der Waals surface area (Å²) in [7, 11) is 0. The zero-order valence-corrected chi connectivity index (χ0v) is 13.8. The summed E-state index contributed by atoms with van der Waals surface area (Å²) in [4.78, 5) is 36.5. The summed E-state index contributed by atoms with van der Waals surface area (Å²) < 4.78 is 0. The van der Waals surface area contributed by atoms with E-state index in [1.54, 1.807) is 6.08 Å². The topological polar surface area (TPSA) is 91.7 Å². The first-order valence-electron chi connectivity index (χ1n) is 7.41. The minimum absolute atomic E-state index is 0.00264. The summed E-state index contributed by atoms with van der Waals surface area (Å²) >= 11 is 0. The number of aliphatic hydroxyl groups is 2. The lowest BCUT2D eigenvalue weighted by atomic mass is 9.83. The molecule has 0 aromatic rings. The van der Waals surface area contributed by atoms with Gasteiger partial charge in [-0.15, -0.1) is 0 Å². The average Bonchev–Trinajstić information content (AvgIpc) is 2.55. The van der Waals surface area contributed by atoms with E-state index in [1.807, 2.05) is 27.7 Å². The van der Waals surface area contributed by atoms with Crippen LogP contribution in [0, 0.1) is 11.8 Å². The van der Waals surface area contributed by atoms with Crippen LogP contribution in [0.1, 0.15) is 47.5 Å². The maximum Gasteiger partial charge on any atom is 0.190 e. The molecule has 0 bridgehead atoms. The summed E-state index contributed by atoms with van der Waals surface area (Å²) in [5.41, 5.74) is -1.80. The molecule has 2 unspecified atom stereocenters. The Kier molecular flexibility index (Phi) is 5.46. The third kappa shape index (κ3) is 3.19. The normalized spacial score (nSPS) is 24.9. The highest BCUT2D eigenvalue weighted by Gasteiger charge is 2.57. The van der Waals surface area contributed by atoms with E-state index in [1.165, 1.54) is 0 Å². The summed E-state index contributed by atoms with van der Waals surface area (Å²) in [6, 6.07) is 0. The molecule has 1 aliphatic rings. The Morgan fingerprint density at radius 3 is 2.23 bits per heavy atom. The molecule has 1 aliphatic carbocycles. The Morgan fingerprint density at radius 1 is 1.27 bits per heavy atom. The van der Waals surface area contributed by atoms with Gasteiger partial charge in [0.1, 0.15) is 11.3 Å². The minimum atomic E-state index is -2.30. The predicted molar refractivity (Wildman–Crippen MR) is 82.3 cm³/mol. The zero-order valence-electron chi connectivity index (χ0n) is 13.8. The van der Waals surface area contributed by atoms with Crippen LogP contribution >= 0.6 is 0 Å². The smallest absolute Gasteiger partial charge is 0.190 e. The molecule has 0 saturated heterocycles. The quantitative estimate of drug-likeness (QED) is 0.580. The first-order valence-corrected chi connectivity index (χ1v) is 7.41. The molecule has 2 atom stereocenters. The summed E-state index contributed by atoms with van der Waals surface area (Å²) in [6.07, 6.45) is 1.88. The van der Waals surface area contributed by atoms with E-state index < -0.39 is 40.2 Å². The number of Topliss-reactive ketones (excluding diaryl/α,β-unsaturated/α-hetero) is 3. The van der Waals surface area contributed by atoms with Crippen molar-refractivity contribution < 1.29 is 24.6 Å². The van der Waals surface area contributed by atoms with E-state index in [0.29, 0.717) is 0 Å². The van der Waals surface area contributed by atoms with Crippen LogP contribution in [0.15, 0.2) is 23.0 Å². The van der Waals surface area contributed by atoms with E-state index in [0.717, 1.165) is 12.5 Å². The van der Waals surface area contributed by atoms with Crippen molar-refractivity contribution in [1.82, 2.24) is 0 Å². The number of carbonyl (C=O) groups is 3. The summed E-state index contributed by atoms with van der Waals surface area (Å²) in [5.74, 6) is -3.86. The van der Waals surface area contributed by atoms with Crippen molar-refractivity contribution in [2.75, 3.05) is 0 Å². The molecule has 1 rings (SSSR count). The molecule has 5 nitrogen and oxygen atoms in total. The van der Waals surface area contributed by atoms with E-state index in [2.05, 4.69) is 0 Å². The predicted octanol–water partition coefficient (Wildman–Crippen LogP) is 2.29. The first-order chi connectivity index (χ1) is 10.0. The van der Waals surface area contributed by atoms with Crippen molar-refractivity contribution in [3.63, 3.8) is 0 Å². The van der Waals surface area contributed by atoms with Gasteiger partial charge in [-0.25, -0.2) is 0 Å². The van der Waals surface area contributed by atoms with Crippen molar-refractivity contribution in [3.05, 3.63) is 23.0 Å². The van der Waals surface area contributed by atoms with Crippen molar-refractivity contribution in [1.29, 1.82) is 0 Å². The lowest BCUT2D eigenvalue weighted by molar-refractivity contribution is -0.143. The van der Waals surface area contributed by atoms with E-state index >= 15 is 0 Å². The van der Waals surface area contributed by atoms with Crippen LogP contribution in [-0.2, 0) is 14.4 Å². The van der Waals surface area contributed by atoms with Crippen molar-refractivity contribution in [2.45, 2.75) is 53.1 Å². The second-order valence-electron chi connectivity index (χ2n) is 6.50. The summed E-state index contributed by atoms with van der Waals surface area (Å²) in [6.45, 7) is 8.38. The molecule has 5 heteroatoms. The molecule has 0 heterocycles. The Hall–Kier alpha value is -1.75. The van der Waals surface area contributed by atoms with Crippen LogP contribution in [0.2, 0.25) is 0 Å². The second-order valence-corrected chi connectivity index (χ2v) is 6.50. The molecular formula is C17H24O5. The molecule has 0 saturated carbocycles. The van der Waals surface area contributed by atoms with Gasteiger partial charge < -0.3 is 10.2 Å². The molecular weight excluding hydrogens is 284 g/mol. The Bertz CT molecular complexity index is 564. The summed E-state index contributed by atoms with van der Waals surface area (Å²) in [5, 5.41) is 20.8. The maximum absolute atomic E-state index is 12.5. The van der Waals surface area contributed by atoms with Gasteiger partial charge in [0.15, 0.2) is 23.0 Å². The lowest BCUT2D eigenvalue weighted by Gasteiger charge is -2.25. The molecule has 0 radical (unpaired) electrons. The van der Waals surface area contributed by atoms with Crippen molar-refractivity contribution >= 4 is 17.3 Å². The van der Waals surface area contributed by atoms with Gasteiger partial charge in [0, 0.05) is 6.42 Å². The highest BCUT2D eigenvalue weighted by atomic mass is 16.3. The maximum atomic E-state index is 12.5. The molecule has 0 fully saturated rings. The molecule has 122 valence electrons. The fourth-order valence-corrected chi connectivity index (χ4v) is 2.62. The van der Waals surface area contributed by atoms with Crippen LogP contribution in [0.3, 0.4) is 0 Å². The largest absolute Gasteiger partial charge is 0.508 e.